The fraction of sp³-hybridized carbons (Fsp3) is 0.333. The van der Waals surface area contributed by atoms with Gasteiger partial charge in [0.25, 0.3) is 5.56 Å². The van der Waals surface area contributed by atoms with E-state index in [1.54, 1.807) is 4.57 Å². The predicted octanol–water partition coefficient (Wildman–Crippen LogP) is 3.66. The summed E-state index contributed by atoms with van der Waals surface area (Å²) in [5.41, 5.74) is 10.6. The monoisotopic (exact) mass is 553 g/mol. The summed E-state index contributed by atoms with van der Waals surface area (Å²) in [7, 11) is 0. The maximum atomic E-state index is 14.1. The Labute approximate surface area is 235 Å². The minimum absolute atomic E-state index is 0.0547. The molecule has 0 atom stereocenters. The molecular weight excluding hydrogens is 522 g/mol. The molecule has 1 aliphatic carbocycles. The molecule has 3 N–H and O–H groups in total. The Kier molecular flexibility index (Phi) is 7.08. The van der Waals surface area contributed by atoms with Crippen LogP contribution in [0.1, 0.15) is 61.9 Å². The third kappa shape index (κ3) is 4.99. The summed E-state index contributed by atoms with van der Waals surface area (Å²) in [6, 6.07) is 15.6. The third-order valence-corrected chi connectivity index (χ3v) is 8.05. The van der Waals surface area contributed by atoms with E-state index in [9.17, 15) is 14.4 Å². The minimum atomic E-state index is -0.607. The van der Waals surface area contributed by atoms with E-state index in [0.717, 1.165) is 34.4 Å². The number of nitrogens with zero attached hydrogens (tertiary/aromatic N) is 5. The highest BCUT2D eigenvalue weighted by Gasteiger charge is 2.29. The van der Waals surface area contributed by atoms with Crippen molar-refractivity contribution in [3.05, 3.63) is 92.6 Å². The van der Waals surface area contributed by atoms with Gasteiger partial charge in [0.2, 0.25) is 11.7 Å². The van der Waals surface area contributed by atoms with E-state index >= 15 is 0 Å². The van der Waals surface area contributed by atoms with Gasteiger partial charge in [-0.2, -0.15) is 10.1 Å². The maximum absolute atomic E-state index is 14.1. The van der Waals surface area contributed by atoms with Gasteiger partial charge in [-0.15, -0.1) is 0 Å². The summed E-state index contributed by atoms with van der Waals surface area (Å²) >= 11 is 0. The van der Waals surface area contributed by atoms with Crippen molar-refractivity contribution in [1.29, 1.82) is 0 Å². The number of benzene rings is 2. The van der Waals surface area contributed by atoms with Gasteiger partial charge in [-0.3, -0.25) is 23.7 Å². The van der Waals surface area contributed by atoms with Crippen LogP contribution in [-0.4, -0.2) is 35.2 Å². The third-order valence-electron chi connectivity index (χ3n) is 8.05. The minimum Gasteiger partial charge on any atom is -0.369 e. The molecule has 0 aliphatic heterocycles. The van der Waals surface area contributed by atoms with E-state index in [0.29, 0.717) is 55.7 Å². The van der Waals surface area contributed by atoms with Crippen LogP contribution >= 0.6 is 0 Å². The first-order valence-electron chi connectivity index (χ1n) is 13.9. The van der Waals surface area contributed by atoms with E-state index in [-0.39, 0.29) is 23.4 Å². The molecule has 41 heavy (non-hydrogen) atoms. The number of carbonyl (C=O) groups excluding carboxylic acids is 1. The smallest absolute Gasteiger partial charge is 0.369 e. The number of fused-ring (bicyclic) bond motifs is 1. The molecule has 0 radical (unpaired) electrons. The lowest BCUT2D eigenvalue weighted by Gasteiger charge is -2.29. The van der Waals surface area contributed by atoms with Crippen molar-refractivity contribution in [3.8, 4) is 22.5 Å². The quantitative estimate of drug-likeness (QED) is 0.297. The summed E-state index contributed by atoms with van der Waals surface area (Å²) in [6.45, 7) is 2.08. The van der Waals surface area contributed by atoms with Crippen molar-refractivity contribution in [3.63, 3.8) is 0 Å². The molecule has 6 rings (SSSR count). The highest BCUT2D eigenvalue weighted by atomic mass is 16.5. The maximum Gasteiger partial charge on any atom is 0.439 e. The van der Waals surface area contributed by atoms with Gasteiger partial charge >= 0.3 is 5.76 Å². The van der Waals surface area contributed by atoms with Crippen LogP contribution in [0.5, 0.6) is 0 Å². The molecule has 1 saturated carbocycles. The number of aryl methyl sites for hydroxylation is 1. The van der Waals surface area contributed by atoms with Crippen LogP contribution in [0.2, 0.25) is 0 Å². The fourth-order valence-corrected chi connectivity index (χ4v) is 5.99. The zero-order chi connectivity index (χ0) is 28.5. The van der Waals surface area contributed by atoms with Crippen LogP contribution in [0.4, 0.5) is 0 Å². The number of hydrogen-bond donors (Lipinski definition) is 2. The highest BCUT2D eigenvalue weighted by Crippen LogP contribution is 2.33. The van der Waals surface area contributed by atoms with Gasteiger partial charge in [-0.05, 0) is 48.8 Å². The second kappa shape index (κ2) is 11.0. The Balaban J connectivity index is 1.36. The molecule has 0 bridgehead atoms. The number of nitrogens with two attached hydrogens (primary N) is 1. The Morgan fingerprint density at radius 1 is 1.05 bits per heavy atom. The molecule has 3 aromatic heterocycles. The van der Waals surface area contributed by atoms with Crippen molar-refractivity contribution < 1.29 is 9.32 Å². The number of aromatic nitrogens is 6. The summed E-state index contributed by atoms with van der Waals surface area (Å²) in [6.07, 6.45) is 6.18. The Morgan fingerprint density at radius 2 is 1.78 bits per heavy atom. The first-order chi connectivity index (χ1) is 19.9. The molecule has 2 aromatic carbocycles. The molecule has 11 heteroatoms. The van der Waals surface area contributed by atoms with Crippen LogP contribution in [0, 0.1) is 5.92 Å². The average molecular weight is 554 g/mol. The Morgan fingerprint density at radius 3 is 2.44 bits per heavy atom. The molecule has 1 amide bonds. The predicted molar refractivity (Wildman–Crippen MR) is 152 cm³/mol. The zero-order valence-corrected chi connectivity index (χ0v) is 22.7. The van der Waals surface area contributed by atoms with E-state index in [1.165, 1.54) is 6.33 Å². The van der Waals surface area contributed by atoms with Gasteiger partial charge in [0, 0.05) is 29.5 Å². The number of aromatic amines is 1. The largest absolute Gasteiger partial charge is 0.439 e. The van der Waals surface area contributed by atoms with Gasteiger partial charge in [0.05, 0.1) is 5.69 Å². The van der Waals surface area contributed by atoms with E-state index in [4.69, 9.17) is 10.3 Å². The summed E-state index contributed by atoms with van der Waals surface area (Å²) in [5, 5.41) is 8.35. The lowest BCUT2D eigenvalue weighted by molar-refractivity contribution is -0.122. The average Bonchev–Trinajstić information content (AvgIpc) is 3.65. The SMILES string of the molecule is CCCc1c(Cc2ccc(-c3ccccc3-c3noc(=O)[nH]3)cc2)c(=O)n([C@H]2CC[C@H](C(N)=O)CC2)c2ncnn12. The van der Waals surface area contributed by atoms with E-state index < -0.39 is 5.76 Å². The van der Waals surface area contributed by atoms with Crippen molar-refractivity contribution in [2.45, 2.75) is 57.9 Å². The number of H-pyrrole nitrogens is 1. The normalized spacial score (nSPS) is 17.2. The molecule has 210 valence electrons. The van der Waals surface area contributed by atoms with E-state index in [2.05, 4.69) is 27.1 Å². The van der Waals surface area contributed by atoms with Crippen molar-refractivity contribution >= 4 is 11.7 Å². The molecule has 1 fully saturated rings. The van der Waals surface area contributed by atoms with Gasteiger partial charge in [-0.25, -0.2) is 9.31 Å². The molecule has 5 aromatic rings. The summed E-state index contributed by atoms with van der Waals surface area (Å²) in [4.78, 5) is 44.5. The van der Waals surface area contributed by atoms with Gasteiger partial charge < -0.3 is 5.73 Å². The first kappa shape index (κ1) is 26.4. The van der Waals surface area contributed by atoms with Crippen molar-refractivity contribution in [1.82, 2.24) is 29.3 Å². The molecule has 0 spiro atoms. The molecule has 3 heterocycles. The topological polar surface area (TPSA) is 154 Å². The van der Waals surface area contributed by atoms with Crippen molar-refractivity contribution in [2.24, 2.45) is 11.7 Å². The van der Waals surface area contributed by atoms with Crippen LogP contribution in [0.3, 0.4) is 0 Å². The Hall–Kier alpha value is -4.80. The zero-order valence-electron chi connectivity index (χ0n) is 22.7. The van der Waals surface area contributed by atoms with Crippen molar-refractivity contribution in [2.75, 3.05) is 0 Å². The van der Waals surface area contributed by atoms with Gasteiger partial charge in [-0.1, -0.05) is 67.0 Å². The van der Waals surface area contributed by atoms with Crippen LogP contribution in [0.15, 0.2) is 69.0 Å². The first-order valence-corrected chi connectivity index (χ1v) is 13.9. The van der Waals surface area contributed by atoms with Gasteiger partial charge in [0.1, 0.15) is 6.33 Å². The highest BCUT2D eigenvalue weighted by molar-refractivity contribution is 5.80. The summed E-state index contributed by atoms with van der Waals surface area (Å²) < 4.78 is 8.30. The van der Waals surface area contributed by atoms with Crippen LogP contribution in [0.25, 0.3) is 28.3 Å². The lowest BCUT2D eigenvalue weighted by Crippen LogP contribution is -2.35. The summed E-state index contributed by atoms with van der Waals surface area (Å²) in [5.74, 6) is -0.123. The number of hydrogen-bond acceptors (Lipinski definition) is 7. The number of carbonyl (C=O) groups is 1. The Bertz CT molecular complexity index is 1820. The molecule has 0 saturated heterocycles. The van der Waals surface area contributed by atoms with E-state index in [1.807, 2.05) is 53.0 Å². The fourth-order valence-electron chi connectivity index (χ4n) is 5.99. The molecular formula is C30H31N7O4. The molecule has 11 nitrogen and oxygen atoms in total. The number of rotatable bonds is 8. The molecule has 1 aliphatic rings. The second-order valence-corrected chi connectivity index (χ2v) is 10.6. The second-order valence-electron chi connectivity index (χ2n) is 10.6. The van der Waals surface area contributed by atoms with Gasteiger partial charge in [0.15, 0.2) is 5.82 Å². The standard InChI is InChI=1S/C30H31N7O4/c1-2-5-25-24(28(39)36(29-32-17-33-37(25)29)21-14-12-20(13-15-21)26(31)38)16-18-8-10-19(11-9-18)22-6-3-4-7-23(22)27-34-30(40)41-35-27/h3-4,6-11,17,20-21H,2,5,12-16H2,1H3,(H2,31,38)(H,34,35,40)/t20-,21-. The molecule has 0 unspecified atom stereocenters. The number of nitrogens with one attached hydrogen (secondary N) is 1. The number of primary amides is 1. The van der Waals surface area contributed by atoms with Crippen LogP contribution < -0.4 is 17.0 Å². The van der Waals surface area contributed by atoms with Crippen LogP contribution in [-0.2, 0) is 17.6 Å². The number of amides is 1. The lowest BCUT2D eigenvalue weighted by atomic mass is 9.85.